The number of carbonyl (C=O) groups is 1. The molecule has 0 unspecified atom stereocenters. The number of nitrogens with zero attached hydrogens (tertiary/aromatic N) is 5. The molecule has 3 N–H and O–H groups in total. The summed E-state index contributed by atoms with van der Waals surface area (Å²) >= 11 is 0. The lowest BCUT2D eigenvalue weighted by Crippen LogP contribution is -2.28. The van der Waals surface area contributed by atoms with Crippen molar-refractivity contribution < 1.29 is 4.79 Å². The number of pyridine rings is 1. The first kappa shape index (κ1) is 16.2. The molecule has 8 heteroatoms. The summed E-state index contributed by atoms with van der Waals surface area (Å²) in [5, 5.41) is 7.29. The number of hydrogen-bond donors (Lipinski definition) is 2. The quantitative estimate of drug-likeness (QED) is 0.736. The molecule has 27 heavy (non-hydrogen) atoms. The molecule has 1 fully saturated rings. The van der Waals surface area contributed by atoms with Crippen LogP contribution in [0, 0.1) is 0 Å². The highest BCUT2D eigenvalue weighted by molar-refractivity contribution is 6.11. The summed E-state index contributed by atoms with van der Waals surface area (Å²) in [6.45, 7) is 1.77. The Balaban J connectivity index is 1.53. The summed E-state index contributed by atoms with van der Waals surface area (Å²) < 4.78 is 1.62. The first-order valence-corrected chi connectivity index (χ1v) is 9.20. The molecule has 2 aliphatic rings. The zero-order valence-corrected chi connectivity index (χ0v) is 15.1. The van der Waals surface area contributed by atoms with Gasteiger partial charge in [-0.05, 0) is 37.4 Å². The number of anilines is 2. The van der Waals surface area contributed by atoms with Crippen LogP contribution in [0.15, 0.2) is 24.7 Å². The van der Waals surface area contributed by atoms with E-state index in [9.17, 15) is 4.79 Å². The second-order valence-corrected chi connectivity index (χ2v) is 7.42. The molecule has 1 saturated carbocycles. The lowest BCUT2D eigenvalue weighted by Gasteiger charge is -2.23. The normalized spacial score (nSPS) is 17.1. The predicted molar refractivity (Wildman–Crippen MR) is 102 cm³/mol. The molecule has 138 valence electrons. The number of hydrogen-bond acceptors (Lipinski definition) is 6. The number of rotatable bonds is 3. The second-order valence-electron chi connectivity index (χ2n) is 7.42. The van der Waals surface area contributed by atoms with Crippen molar-refractivity contribution in [2.75, 3.05) is 24.6 Å². The van der Waals surface area contributed by atoms with Crippen LogP contribution in [0.3, 0.4) is 0 Å². The van der Waals surface area contributed by atoms with Crippen LogP contribution in [-0.4, -0.2) is 44.0 Å². The van der Waals surface area contributed by atoms with Gasteiger partial charge in [0.25, 0.3) is 5.91 Å². The fraction of sp³-hybridized carbons (Fsp3) is 0.368. The lowest BCUT2D eigenvalue weighted by molar-refractivity contribution is 0.102. The van der Waals surface area contributed by atoms with Crippen molar-refractivity contribution in [2.24, 2.45) is 0 Å². The third-order valence-corrected chi connectivity index (χ3v) is 5.32. The molecule has 0 saturated heterocycles. The van der Waals surface area contributed by atoms with E-state index in [0.717, 1.165) is 54.9 Å². The van der Waals surface area contributed by atoms with Crippen LogP contribution in [0.25, 0.3) is 5.65 Å². The van der Waals surface area contributed by atoms with E-state index in [4.69, 9.17) is 10.7 Å². The molecule has 0 atom stereocenters. The molecular weight excluding hydrogens is 342 g/mol. The summed E-state index contributed by atoms with van der Waals surface area (Å²) in [5.41, 5.74) is 10.9. The number of fused-ring (bicyclic) bond motifs is 2. The van der Waals surface area contributed by atoms with Crippen molar-refractivity contribution in [1.29, 1.82) is 0 Å². The van der Waals surface area contributed by atoms with Crippen LogP contribution < -0.4 is 11.1 Å². The number of nitrogens with one attached hydrogen (secondary N) is 1. The maximum Gasteiger partial charge on any atom is 0.263 e. The summed E-state index contributed by atoms with van der Waals surface area (Å²) in [4.78, 5) is 24.1. The second kappa shape index (κ2) is 6.02. The van der Waals surface area contributed by atoms with Crippen LogP contribution in [-0.2, 0) is 13.0 Å². The first-order valence-electron chi connectivity index (χ1n) is 9.20. The average molecular weight is 363 g/mol. The van der Waals surface area contributed by atoms with Crippen molar-refractivity contribution >= 4 is 23.1 Å². The molecule has 0 bridgehead atoms. The summed E-state index contributed by atoms with van der Waals surface area (Å²) in [6, 6.07) is 1.97. The molecule has 3 aromatic heterocycles. The van der Waals surface area contributed by atoms with Gasteiger partial charge in [-0.1, -0.05) is 0 Å². The molecule has 3 aromatic rings. The van der Waals surface area contributed by atoms with Crippen molar-refractivity contribution in [3.8, 4) is 0 Å². The third-order valence-electron chi connectivity index (χ3n) is 5.32. The Morgan fingerprint density at radius 1 is 1.37 bits per heavy atom. The Morgan fingerprint density at radius 3 is 3.04 bits per heavy atom. The molecule has 1 amide bonds. The van der Waals surface area contributed by atoms with Crippen molar-refractivity contribution in [3.05, 3.63) is 47.0 Å². The number of likely N-dealkylation sites (N-methyl/N-ethyl adjacent to an activating group) is 1. The number of nitrogen functional groups attached to an aromatic ring is 1. The van der Waals surface area contributed by atoms with Crippen LogP contribution in [0.4, 0.5) is 11.5 Å². The number of nitrogens with two attached hydrogens (primary N) is 1. The SMILES string of the molecule is CN1CCc2nc3c(C(=O)Nc4cnccc4C4CC4)c(N)nn3cc2C1. The van der Waals surface area contributed by atoms with Gasteiger partial charge in [0.1, 0.15) is 5.56 Å². The smallest absolute Gasteiger partial charge is 0.263 e. The molecular formula is C19H21N7O. The average Bonchev–Trinajstić information content (AvgIpc) is 3.43. The van der Waals surface area contributed by atoms with Gasteiger partial charge in [-0.3, -0.25) is 9.78 Å². The minimum atomic E-state index is -0.294. The van der Waals surface area contributed by atoms with Gasteiger partial charge in [0, 0.05) is 37.5 Å². The minimum absolute atomic E-state index is 0.188. The highest BCUT2D eigenvalue weighted by Gasteiger charge is 2.28. The molecule has 4 heterocycles. The highest BCUT2D eigenvalue weighted by Crippen LogP contribution is 2.43. The van der Waals surface area contributed by atoms with E-state index in [-0.39, 0.29) is 11.7 Å². The van der Waals surface area contributed by atoms with Crippen LogP contribution in [0.1, 0.15) is 45.9 Å². The Labute approximate surface area is 156 Å². The third kappa shape index (κ3) is 2.82. The maximum atomic E-state index is 13.0. The molecule has 5 rings (SSSR count). The monoisotopic (exact) mass is 363 g/mol. The van der Waals surface area contributed by atoms with Crippen LogP contribution in [0.5, 0.6) is 0 Å². The van der Waals surface area contributed by atoms with Gasteiger partial charge in [0.2, 0.25) is 0 Å². The molecule has 0 radical (unpaired) electrons. The minimum Gasteiger partial charge on any atom is -0.381 e. The Morgan fingerprint density at radius 2 is 2.22 bits per heavy atom. The van der Waals surface area contributed by atoms with E-state index < -0.39 is 0 Å². The maximum absolute atomic E-state index is 13.0. The van der Waals surface area contributed by atoms with Gasteiger partial charge in [0.05, 0.1) is 17.6 Å². The molecule has 1 aliphatic heterocycles. The Hall–Kier alpha value is -3.00. The van der Waals surface area contributed by atoms with Gasteiger partial charge in [0.15, 0.2) is 11.5 Å². The molecule has 8 nitrogen and oxygen atoms in total. The van der Waals surface area contributed by atoms with Crippen LogP contribution >= 0.6 is 0 Å². The van der Waals surface area contributed by atoms with E-state index in [0.29, 0.717) is 17.1 Å². The zero-order chi connectivity index (χ0) is 18.5. The fourth-order valence-corrected chi connectivity index (χ4v) is 3.74. The van der Waals surface area contributed by atoms with Crippen LogP contribution in [0.2, 0.25) is 0 Å². The highest BCUT2D eigenvalue weighted by atomic mass is 16.1. The summed E-state index contributed by atoms with van der Waals surface area (Å²) in [6.07, 6.45) is 8.53. The van der Waals surface area contributed by atoms with E-state index in [2.05, 4.69) is 27.3 Å². The van der Waals surface area contributed by atoms with E-state index >= 15 is 0 Å². The van der Waals surface area contributed by atoms with Crippen molar-refractivity contribution in [2.45, 2.75) is 31.7 Å². The summed E-state index contributed by atoms with van der Waals surface area (Å²) in [7, 11) is 2.08. The zero-order valence-electron chi connectivity index (χ0n) is 15.1. The van der Waals surface area contributed by atoms with Crippen molar-refractivity contribution in [3.63, 3.8) is 0 Å². The van der Waals surface area contributed by atoms with Gasteiger partial charge in [-0.15, -0.1) is 5.10 Å². The molecule has 0 spiro atoms. The van der Waals surface area contributed by atoms with E-state index in [1.165, 1.54) is 0 Å². The fourth-order valence-electron chi connectivity index (χ4n) is 3.74. The molecule has 1 aliphatic carbocycles. The lowest BCUT2D eigenvalue weighted by atomic mass is 10.1. The Kier molecular flexibility index (Phi) is 3.61. The first-order chi connectivity index (χ1) is 13.1. The standard InChI is InChI=1S/C19H21N7O/c1-25-7-5-14-12(9-25)10-26-18(22-14)16(17(20)24-26)19(27)23-15-8-21-6-4-13(15)11-2-3-11/h4,6,8,10-11H,2-3,5,7,9H2,1H3,(H2,20,24)(H,23,27). The van der Waals surface area contributed by atoms with Gasteiger partial charge >= 0.3 is 0 Å². The number of carbonyl (C=O) groups excluding carboxylic acids is 1. The summed E-state index contributed by atoms with van der Waals surface area (Å²) in [5.74, 6) is 0.400. The van der Waals surface area contributed by atoms with Gasteiger partial charge in [-0.25, -0.2) is 9.50 Å². The van der Waals surface area contributed by atoms with Gasteiger partial charge < -0.3 is 16.0 Å². The number of aromatic nitrogens is 4. The number of amides is 1. The predicted octanol–water partition coefficient (Wildman–Crippen LogP) is 1.82. The topological polar surface area (TPSA) is 101 Å². The van der Waals surface area contributed by atoms with Gasteiger partial charge in [-0.2, -0.15) is 0 Å². The Bertz CT molecular complexity index is 1050. The van der Waals surface area contributed by atoms with Crippen molar-refractivity contribution in [1.82, 2.24) is 24.5 Å². The largest absolute Gasteiger partial charge is 0.381 e. The molecule has 0 aromatic carbocycles. The van der Waals surface area contributed by atoms with E-state index in [1.54, 1.807) is 16.9 Å². The van der Waals surface area contributed by atoms with E-state index in [1.807, 2.05) is 12.3 Å².